The number of alkyl halides is 2. The summed E-state index contributed by atoms with van der Waals surface area (Å²) in [5.74, 6) is 0.929. The summed E-state index contributed by atoms with van der Waals surface area (Å²) >= 11 is 0. The lowest BCUT2D eigenvalue weighted by Gasteiger charge is -2.31. The fourth-order valence-corrected chi connectivity index (χ4v) is 5.52. The Kier molecular flexibility index (Phi) is 8.28. The minimum atomic E-state index is -2.79. The summed E-state index contributed by atoms with van der Waals surface area (Å²) in [6.45, 7) is 2.25. The number of nitrogens with one attached hydrogen (secondary N) is 3. The summed E-state index contributed by atoms with van der Waals surface area (Å²) in [6.07, 6.45) is 0.291. The zero-order chi connectivity index (χ0) is 29.8. The van der Waals surface area contributed by atoms with Crippen molar-refractivity contribution in [3.8, 4) is 11.9 Å². The molecule has 2 aliphatic rings. The fraction of sp³-hybridized carbons (Fsp3) is 0.367. The van der Waals surface area contributed by atoms with Crippen LogP contribution in [-0.2, 0) is 4.74 Å². The van der Waals surface area contributed by atoms with Crippen molar-refractivity contribution in [3.63, 3.8) is 0 Å². The molecule has 2 aromatic carbocycles. The van der Waals surface area contributed by atoms with Crippen molar-refractivity contribution in [2.24, 2.45) is 0 Å². The van der Waals surface area contributed by atoms with Gasteiger partial charge < -0.3 is 25.6 Å². The number of ether oxygens (including phenoxy) is 1. The van der Waals surface area contributed by atoms with Crippen LogP contribution in [0.3, 0.4) is 0 Å². The van der Waals surface area contributed by atoms with Crippen LogP contribution in [0, 0.1) is 11.3 Å². The van der Waals surface area contributed by atoms with Crippen molar-refractivity contribution in [2.45, 2.75) is 44.2 Å². The van der Waals surface area contributed by atoms with E-state index in [-0.39, 0.29) is 23.9 Å². The highest BCUT2D eigenvalue weighted by Crippen LogP contribution is 2.30. The molecule has 1 saturated carbocycles. The van der Waals surface area contributed by atoms with Gasteiger partial charge in [-0.05, 0) is 62.1 Å². The van der Waals surface area contributed by atoms with Gasteiger partial charge >= 0.3 is 6.03 Å². The van der Waals surface area contributed by atoms with Gasteiger partial charge in [-0.15, -0.1) is 0 Å². The fourth-order valence-electron chi connectivity index (χ4n) is 5.52. The van der Waals surface area contributed by atoms with Crippen molar-refractivity contribution < 1.29 is 18.3 Å². The first-order valence-corrected chi connectivity index (χ1v) is 14.3. The largest absolute Gasteiger partial charge is 0.378 e. The SMILES string of the molecule is N#Cc1ccc(NC(=O)N[C@H]2CC[C@H](Nc3cc(-n4c(C(F)F)nc5ccccc54)nc(N4CCOCC4)n3)CC2)cc1. The lowest BCUT2D eigenvalue weighted by Crippen LogP contribution is -2.42. The molecule has 2 amide bonds. The van der Waals surface area contributed by atoms with Crippen LogP contribution in [0.1, 0.15) is 43.5 Å². The van der Waals surface area contributed by atoms with E-state index < -0.39 is 6.43 Å². The molecule has 0 radical (unpaired) electrons. The zero-order valence-corrected chi connectivity index (χ0v) is 23.3. The molecule has 0 spiro atoms. The Hall–Kier alpha value is -4.83. The summed E-state index contributed by atoms with van der Waals surface area (Å²) in [5.41, 5.74) is 2.15. The molecule has 3 N–H and O–H groups in total. The molecule has 1 aliphatic carbocycles. The quantitative estimate of drug-likeness (QED) is 0.275. The van der Waals surface area contributed by atoms with Gasteiger partial charge in [0, 0.05) is 36.9 Å². The number of hydrogen-bond donors (Lipinski definition) is 3. The maximum absolute atomic E-state index is 14.1. The number of aromatic nitrogens is 4. The van der Waals surface area contributed by atoms with Crippen molar-refractivity contribution in [3.05, 3.63) is 66.0 Å². The second-order valence-electron chi connectivity index (χ2n) is 10.6. The van der Waals surface area contributed by atoms with E-state index in [2.05, 4.69) is 27.0 Å². The van der Waals surface area contributed by atoms with Gasteiger partial charge in [0.15, 0.2) is 5.82 Å². The first kappa shape index (κ1) is 28.3. The van der Waals surface area contributed by atoms with Crippen LogP contribution in [0.15, 0.2) is 54.6 Å². The first-order chi connectivity index (χ1) is 21.0. The summed E-state index contributed by atoms with van der Waals surface area (Å²) in [5, 5.41) is 18.3. The van der Waals surface area contributed by atoms with Crippen molar-refractivity contribution in [1.29, 1.82) is 5.26 Å². The summed E-state index contributed by atoms with van der Waals surface area (Å²) in [6, 6.07) is 17.2. The number of carbonyl (C=O) groups is 1. The van der Waals surface area contributed by atoms with Gasteiger partial charge in [-0.3, -0.25) is 4.57 Å². The minimum absolute atomic E-state index is 0.00668. The van der Waals surface area contributed by atoms with Crippen LogP contribution in [0.5, 0.6) is 0 Å². The smallest absolute Gasteiger partial charge is 0.319 e. The molecule has 2 aromatic heterocycles. The number of imidazole rings is 1. The number of carbonyl (C=O) groups excluding carboxylic acids is 1. The minimum Gasteiger partial charge on any atom is -0.378 e. The molecule has 43 heavy (non-hydrogen) atoms. The second-order valence-corrected chi connectivity index (χ2v) is 10.6. The number of urea groups is 1. The maximum Gasteiger partial charge on any atom is 0.319 e. The van der Waals surface area contributed by atoms with E-state index >= 15 is 0 Å². The van der Waals surface area contributed by atoms with Gasteiger partial charge in [0.1, 0.15) is 11.6 Å². The van der Waals surface area contributed by atoms with Crippen LogP contribution >= 0.6 is 0 Å². The number of rotatable bonds is 7. The van der Waals surface area contributed by atoms with E-state index in [9.17, 15) is 13.6 Å². The van der Waals surface area contributed by atoms with Crippen molar-refractivity contribution in [2.75, 3.05) is 41.8 Å². The van der Waals surface area contributed by atoms with Gasteiger partial charge in [0.2, 0.25) is 5.95 Å². The molecule has 0 unspecified atom stereocenters. The van der Waals surface area contributed by atoms with Gasteiger partial charge in [-0.1, -0.05) is 12.1 Å². The molecule has 11 nitrogen and oxygen atoms in total. The normalized spacial score (nSPS) is 18.8. The molecule has 6 rings (SSSR count). The van der Waals surface area contributed by atoms with Crippen LogP contribution < -0.4 is 20.9 Å². The number of benzene rings is 2. The van der Waals surface area contributed by atoms with Crippen LogP contribution in [-0.4, -0.2) is 63.9 Å². The average Bonchev–Trinajstić information content (AvgIpc) is 3.43. The Balaban J connectivity index is 1.17. The standard InChI is InChI=1S/C30H31F2N9O2/c31-27(32)28-37-23-3-1-2-4-24(23)41(28)26-17-25(38-29(39-26)40-13-15-43-16-14-40)34-20-9-11-22(12-10-20)36-30(42)35-21-7-5-19(18-33)6-8-21/h1-8,17,20,22,27H,9-16H2,(H,34,38,39)(H2,35,36,42)/t20-,22-. The lowest BCUT2D eigenvalue weighted by molar-refractivity contribution is 0.122. The predicted octanol–water partition coefficient (Wildman–Crippen LogP) is 5.01. The Morgan fingerprint density at radius 3 is 2.42 bits per heavy atom. The molecular formula is C30H31F2N9O2. The first-order valence-electron chi connectivity index (χ1n) is 14.3. The Bertz CT molecular complexity index is 1620. The number of para-hydroxylation sites is 2. The Morgan fingerprint density at radius 2 is 1.70 bits per heavy atom. The Labute approximate surface area is 246 Å². The van der Waals surface area contributed by atoms with E-state index in [1.165, 1.54) is 4.57 Å². The molecule has 0 bridgehead atoms. The van der Waals surface area contributed by atoms with Crippen LogP contribution in [0.2, 0.25) is 0 Å². The number of amides is 2. The molecule has 222 valence electrons. The van der Waals surface area contributed by atoms with Crippen LogP contribution in [0.25, 0.3) is 16.9 Å². The third kappa shape index (κ3) is 6.49. The van der Waals surface area contributed by atoms with Crippen molar-refractivity contribution >= 4 is 34.5 Å². The monoisotopic (exact) mass is 587 g/mol. The van der Waals surface area contributed by atoms with Gasteiger partial charge in [-0.25, -0.2) is 18.6 Å². The zero-order valence-electron chi connectivity index (χ0n) is 23.3. The third-order valence-electron chi connectivity index (χ3n) is 7.69. The molecule has 3 heterocycles. The summed E-state index contributed by atoms with van der Waals surface area (Å²) in [7, 11) is 0. The van der Waals surface area contributed by atoms with E-state index in [0.29, 0.717) is 66.2 Å². The second kappa shape index (κ2) is 12.6. The van der Waals surface area contributed by atoms with E-state index in [1.807, 2.05) is 4.90 Å². The van der Waals surface area contributed by atoms with Gasteiger partial charge in [0.25, 0.3) is 6.43 Å². The number of nitriles is 1. The predicted molar refractivity (Wildman–Crippen MR) is 158 cm³/mol. The molecule has 2 fully saturated rings. The van der Waals surface area contributed by atoms with E-state index in [4.69, 9.17) is 20.0 Å². The highest BCUT2D eigenvalue weighted by atomic mass is 19.3. The number of hydrogen-bond acceptors (Lipinski definition) is 8. The number of nitrogens with zero attached hydrogens (tertiary/aromatic N) is 6. The molecule has 4 aromatic rings. The summed E-state index contributed by atoms with van der Waals surface area (Å²) in [4.78, 5) is 28.2. The van der Waals surface area contributed by atoms with Crippen molar-refractivity contribution in [1.82, 2.24) is 24.8 Å². The number of morpholine rings is 1. The molecular weight excluding hydrogens is 556 g/mol. The molecule has 0 atom stereocenters. The van der Waals surface area contributed by atoms with E-state index in [1.54, 1.807) is 54.6 Å². The van der Waals surface area contributed by atoms with Gasteiger partial charge in [0.05, 0.1) is 35.9 Å². The number of anilines is 3. The highest BCUT2D eigenvalue weighted by molar-refractivity contribution is 5.89. The van der Waals surface area contributed by atoms with Gasteiger partial charge in [-0.2, -0.15) is 15.2 Å². The number of fused-ring (bicyclic) bond motifs is 1. The lowest BCUT2D eigenvalue weighted by atomic mass is 9.91. The van der Waals surface area contributed by atoms with E-state index in [0.717, 1.165) is 25.7 Å². The van der Waals surface area contributed by atoms with Crippen LogP contribution in [0.4, 0.5) is 31.0 Å². The number of halogens is 2. The molecule has 1 aliphatic heterocycles. The topological polar surface area (TPSA) is 133 Å². The third-order valence-corrected chi connectivity index (χ3v) is 7.69. The average molecular weight is 588 g/mol. The molecule has 1 saturated heterocycles. The highest BCUT2D eigenvalue weighted by Gasteiger charge is 2.26. The summed E-state index contributed by atoms with van der Waals surface area (Å²) < 4.78 is 35.2. The molecule has 13 heteroatoms. The Morgan fingerprint density at radius 1 is 0.977 bits per heavy atom. The maximum atomic E-state index is 14.1.